The predicted octanol–water partition coefficient (Wildman–Crippen LogP) is 3.96. The molecular formula is C25H22N2O6S. The minimum absolute atomic E-state index is 0.133. The number of hydrogen-bond donors (Lipinski definition) is 0. The summed E-state index contributed by atoms with van der Waals surface area (Å²) in [5, 5.41) is 1.81. The van der Waals surface area contributed by atoms with E-state index in [4.69, 9.17) is 14.2 Å². The Morgan fingerprint density at radius 3 is 2.41 bits per heavy atom. The first-order valence-corrected chi connectivity index (χ1v) is 11.3. The monoisotopic (exact) mass is 478 g/mol. The molecule has 4 rings (SSSR count). The molecule has 1 heterocycles. The Morgan fingerprint density at radius 1 is 1.00 bits per heavy atom. The van der Waals surface area contributed by atoms with E-state index in [2.05, 4.69) is 4.99 Å². The van der Waals surface area contributed by atoms with Crippen LogP contribution < -0.4 is 9.54 Å². The zero-order valence-corrected chi connectivity index (χ0v) is 19.7. The van der Waals surface area contributed by atoms with Gasteiger partial charge in [-0.2, -0.15) is 4.99 Å². The Hall–Kier alpha value is -3.98. The standard InChI is InChI=1S/C25H22N2O6S/c1-4-33-22(28)14-27-19-10-9-17(24(30)32-3)13-21(19)34-25(27)26-23(29)18-11-15-7-5-6-8-16(15)12-20(18)31-2/h5-13H,4,14H2,1-3H3. The van der Waals surface area contributed by atoms with Crippen LogP contribution >= 0.6 is 11.3 Å². The van der Waals surface area contributed by atoms with E-state index in [9.17, 15) is 14.4 Å². The smallest absolute Gasteiger partial charge is 0.337 e. The molecule has 0 saturated heterocycles. The Balaban J connectivity index is 1.87. The largest absolute Gasteiger partial charge is 0.496 e. The maximum Gasteiger partial charge on any atom is 0.337 e. The van der Waals surface area contributed by atoms with E-state index in [0.29, 0.717) is 31.9 Å². The first-order valence-electron chi connectivity index (χ1n) is 10.5. The van der Waals surface area contributed by atoms with E-state index in [-0.39, 0.29) is 13.2 Å². The summed E-state index contributed by atoms with van der Waals surface area (Å²) in [5.74, 6) is -1.06. The van der Waals surface area contributed by atoms with Gasteiger partial charge in [-0.1, -0.05) is 35.6 Å². The normalized spacial score (nSPS) is 11.6. The average molecular weight is 479 g/mol. The molecule has 0 spiro atoms. The maximum atomic E-state index is 13.3. The Kier molecular flexibility index (Phi) is 6.74. The summed E-state index contributed by atoms with van der Waals surface area (Å²) in [7, 11) is 2.80. The molecule has 0 bridgehead atoms. The third-order valence-electron chi connectivity index (χ3n) is 5.19. The van der Waals surface area contributed by atoms with E-state index >= 15 is 0 Å². The molecule has 4 aromatic rings. The lowest BCUT2D eigenvalue weighted by Crippen LogP contribution is -2.23. The fraction of sp³-hybridized carbons (Fsp3) is 0.200. The van der Waals surface area contributed by atoms with Crippen molar-refractivity contribution < 1.29 is 28.6 Å². The van der Waals surface area contributed by atoms with Crippen molar-refractivity contribution in [1.29, 1.82) is 0 Å². The van der Waals surface area contributed by atoms with Gasteiger partial charge in [-0.15, -0.1) is 0 Å². The highest BCUT2D eigenvalue weighted by Gasteiger charge is 2.17. The van der Waals surface area contributed by atoms with Crippen LogP contribution in [0.1, 0.15) is 27.6 Å². The van der Waals surface area contributed by atoms with Gasteiger partial charge in [-0.25, -0.2) is 4.79 Å². The van der Waals surface area contributed by atoms with Crippen molar-refractivity contribution >= 4 is 50.2 Å². The topological polar surface area (TPSA) is 96.2 Å². The number of ether oxygens (including phenoxy) is 3. The molecule has 1 aromatic heterocycles. The molecular weight excluding hydrogens is 456 g/mol. The molecule has 9 heteroatoms. The van der Waals surface area contributed by atoms with Crippen molar-refractivity contribution in [3.05, 3.63) is 70.5 Å². The minimum Gasteiger partial charge on any atom is -0.496 e. The zero-order chi connectivity index (χ0) is 24.2. The number of amides is 1. The van der Waals surface area contributed by atoms with Crippen LogP contribution in [0.2, 0.25) is 0 Å². The fourth-order valence-electron chi connectivity index (χ4n) is 3.59. The minimum atomic E-state index is -0.514. The Bertz CT molecular complexity index is 1480. The summed E-state index contributed by atoms with van der Waals surface area (Å²) in [6.45, 7) is 1.82. The summed E-state index contributed by atoms with van der Waals surface area (Å²) >= 11 is 1.19. The van der Waals surface area contributed by atoms with Gasteiger partial charge in [-0.3, -0.25) is 9.59 Å². The van der Waals surface area contributed by atoms with Crippen molar-refractivity contribution in [2.45, 2.75) is 13.5 Å². The molecule has 0 saturated carbocycles. The molecule has 0 aliphatic rings. The lowest BCUT2D eigenvalue weighted by atomic mass is 10.1. The molecule has 3 aromatic carbocycles. The van der Waals surface area contributed by atoms with Crippen LogP contribution in [0.4, 0.5) is 0 Å². The molecule has 0 fully saturated rings. The predicted molar refractivity (Wildman–Crippen MR) is 128 cm³/mol. The number of rotatable bonds is 6. The van der Waals surface area contributed by atoms with Gasteiger partial charge in [0.05, 0.1) is 42.2 Å². The lowest BCUT2D eigenvalue weighted by Gasteiger charge is -2.08. The molecule has 34 heavy (non-hydrogen) atoms. The van der Waals surface area contributed by atoms with E-state index in [1.807, 2.05) is 24.3 Å². The number of carbonyl (C=O) groups is 3. The van der Waals surface area contributed by atoms with Crippen LogP contribution in [0.25, 0.3) is 21.0 Å². The summed E-state index contributed by atoms with van der Waals surface area (Å²) in [6.07, 6.45) is 0. The van der Waals surface area contributed by atoms with E-state index in [1.165, 1.54) is 25.6 Å². The number of aromatic nitrogens is 1. The second kappa shape index (κ2) is 9.88. The highest BCUT2D eigenvalue weighted by atomic mass is 32.1. The first kappa shape index (κ1) is 23.2. The third kappa shape index (κ3) is 4.55. The Labute approximate surface area is 199 Å². The van der Waals surface area contributed by atoms with Crippen LogP contribution in [0, 0.1) is 0 Å². The molecule has 8 nitrogen and oxygen atoms in total. The summed E-state index contributed by atoms with van der Waals surface area (Å²) in [6, 6.07) is 16.1. The number of benzene rings is 3. The Morgan fingerprint density at radius 2 is 1.74 bits per heavy atom. The lowest BCUT2D eigenvalue weighted by molar-refractivity contribution is -0.143. The average Bonchev–Trinajstić information content (AvgIpc) is 3.18. The van der Waals surface area contributed by atoms with Gasteiger partial charge in [0.25, 0.3) is 5.91 Å². The van der Waals surface area contributed by atoms with Crippen LogP contribution in [-0.2, 0) is 20.8 Å². The third-order valence-corrected chi connectivity index (χ3v) is 6.23. The molecule has 0 aliphatic heterocycles. The van der Waals surface area contributed by atoms with Gasteiger partial charge >= 0.3 is 11.9 Å². The highest BCUT2D eigenvalue weighted by molar-refractivity contribution is 7.16. The zero-order valence-electron chi connectivity index (χ0n) is 18.9. The number of fused-ring (bicyclic) bond motifs is 2. The van der Waals surface area contributed by atoms with Crippen molar-refractivity contribution in [3.63, 3.8) is 0 Å². The second-order valence-corrected chi connectivity index (χ2v) is 8.28. The second-order valence-electron chi connectivity index (χ2n) is 7.27. The van der Waals surface area contributed by atoms with Gasteiger partial charge in [0.15, 0.2) is 4.80 Å². The molecule has 0 unspecified atom stereocenters. The first-order chi connectivity index (χ1) is 16.4. The number of hydrogen-bond acceptors (Lipinski definition) is 7. The van der Waals surface area contributed by atoms with Gasteiger partial charge in [-0.05, 0) is 48.0 Å². The molecule has 0 radical (unpaired) electrons. The molecule has 174 valence electrons. The molecule has 1 amide bonds. The quantitative estimate of drug-likeness (QED) is 0.389. The van der Waals surface area contributed by atoms with Crippen LogP contribution in [0.5, 0.6) is 5.75 Å². The van der Waals surface area contributed by atoms with Gasteiger partial charge in [0, 0.05) is 0 Å². The maximum absolute atomic E-state index is 13.3. The van der Waals surface area contributed by atoms with E-state index in [0.717, 1.165) is 10.8 Å². The van der Waals surface area contributed by atoms with Gasteiger partial charge in [0.2, 0.25) is 0 Å². The van der Waals surface area contributed by atoms with E-state index < -0.39 is 17.8 Å². The van der Waals surface area contributed by atoms with Crippen molar-refractivity contribution in [3.8, 4) is 5.75 Å². The van der Waals surface area contributed by atoms with Gasteiger partial charge in [0.1, 0.15) is 12.3 Å². The van der Waals surface area contributed by atoms with Crippen molar-refractivity contribution in [2.75, 3.05) is 20.8 Å². The van der Waals surface area contributed by atoms with E-state index in [1.54, 1.807) is 41.8 Å². The number of methoxy groups -OCH3 is 2. The summed E-state index contributed by atoms with van der Waals surface area (Å²) < 4.78 is 17.6. The molecule has 0 aliphatic carbocycles. The molecule has 0 N–H and O–H groups in total. The number of esters is 2. The van der Waals surface area contributed by atoms with Crippen LogP contribution in [-0.4, -0.2) is 43.2 Å². The summed E-state index contributed by atoms with van der Waals surface area (Å²) in [4.78, 5) is 42.1. The van der Waals surface area contributed by atoms with Crippen molar-refractivity contribution in [1.82, 2.24) is 4.57 Å². The number of nitrogens with zero attached hydrogens (tertiary/aromatic N) is 2. The van der Waals surface area contributed by atoms with Crippen LogP contribution in [0.15, 0.2) is 59.6 Å². The van der Waals surface area contributed by atoms with Gasteiger partial charge < -0.3 is 18.8 Å². The highest BCUT2D eigenvalue weighted by Crippen LogP contribution is 2.27. The fourth-order valence-corrected chi connectivity index (χ4v) is 4.66. The van der Waals surface area contributed by atoms with Crippen LogP contribution in [0.3, 0.4) is 0 Å². The number of thiazole rings is 1. The summed E-state index contributed by atoms with van der Waals surface area (Å²) in [5.41, 5.74) is 1.30. The number of carbonyl (C=O) groups excluding carboxylic acids is 3. The van der Waals surface area contributed by atoms with Crippen molar-refractivity contribution in [2.24, 2.45) is 4.99 Å². The molecule has 0 atom stereocenters. The SMILES string of the molecule is CCOC(=O)Cn1c(=NC(=O)c2cc3ccccc3cc2OC)sc2cc(C(=O)OC)ccc21.